The van der Waals surface area contributed by atoms with Crippen LogP contribution in [0.2, 0.25) is 0 Å². The van der Waals surface area contributed by atoms with Crippen LogP contribution in [0.25, 0.3) is 0 Å². The number of halogens is 4. The number of hydrogen-bond acceptors (Lipinski definition) is 7. The molecule has 0 amide bonds. The van der Waals surface area contributed by atoms with Gasteiger partial charge >= 0.3 is 6.18 Å². The Kier molecular flexibility index (Phi) is 12.8. The second kappa shape index (κ2) is 14.6. The molecule has 1 saturated carbocycles. The molecule has 3 aliphatic rings. The van der Waals surface area contributed by atoms with Crippen LogP contribution in [0.1, 0.15) is 51.3 Å². The van der Waals surface area contributed by atoms with E-state index in [0.717, 1.165) is 64.7 Å². The van der Waals surface area contributed by atoms with E-state index in [-0.39, 0.29) is 20.1 Å². The minimum Gasteiger partial charge on any atom is -0.400 e. The Hall–Kier alpha value is -0.750. The highest BCUT2D eigenvalue weighted by molar-refractivity contribution is 8.29. The van der Waals surface area contributed by atoms with Gasteiger partial charge in [-0.3, -0.25) is 0 Å². The molecule has 1 N–H and O–H groups in total. The number of rotatable bonds is 4. The minimum absolute atomic E-state index is 0.162. The minimum atomic E-state index is -4.58. The molecule has 3 fully saturated rings. The summed E-state index contributed by atoms with van der Waals surface area (Å²) < 4.78 is 41.3. The van der Waals surface area contributed by atoms with E-state index in [4.69, 9.17) is 16.3 Å². The third-order valence-electron chi connectivity index (χ3n) is 7.55. The molecular weight excluding hydrogens is 543 g/mol. The molecule has 0 radical (unpaired) electrons. The van der Waals surface area contributed by atoms with Crippen LogP contribution in [0.15, 0.2) is 6.07 Å². The van der Waals surface area contributed by atoms with Gasteiger partial charge in [0.15, 0.2) is 0 Å². The van der Waals surface area contributed by atoms with Gasteiger partial charge in [-0.1, -0.05) is 31.0 Å². The number of nitrogens with zero attached hydrogens (tertiary/aromatic N) is 5. The smallest absolute Gasteiger partial charge is 0.400 e. The van der Waals surface area contributed by atoms with Gasteiger partial charge in [-0.05, 0) is 44.1 Å². The van der Waals surface area contributed by atoms with Crippen LogP contribution in [-0.2, 0) is 26.8 Å². The fraction of sp³-hybridized carbons (Fsp3) is 0.840. The molecule has 0 aromatic carbocycles. The summed E-state index contributed by atoms with van der Waals surface area (Å²) in [5.74, 6) is 1.34. The highest BCUT2D eigenvalue weighted by atomic mass is 35.5. The molecule has 12 heteroatoms. The summed E-state index contributed by atoms with van der Waals surface area (Å²) in [5.41, 5.74) is 0.203. The summed E-state index contributed by atoms with van der Waals surface area (Å²) in [7, 11) is 4.74. The standard InChI is InChI=1S/C23H36F3N5S2.CH3Cl.CH4O/c1-17-6-4-7-22(13-17)8-5-9-31(16-22)20-12-19(27-21(28-20)23(24,25)26)30(3)15-18-14-29(2)10-11-33(18)32;2*1-2/h12,17-18H,4-11,13-16H2,1-3H3;1H3;2H,1H3. The fourth-order valence-corrected chi connectivity index (χ4v) is 8.15. The molecule has 1 aromatic heterocycles. The zero-order chi connectivity index (χ0) is 27.8. The van der Waals surface area contributed by atoms with E-state index in [1.807, 2.05) is 11.9 Å². The van der Waals surface area contributed by atoms with Gasteiger partial charge in [0.25, 0.3) is 0 Å². The Morgan fingerprint density at radius 1 is 1.22 bits per heavy atom. The third kappa shape index (κ3) is 8.88. The molecule has 3 heterocycles. The first kappa shape index (κ1) is 32.5. The van der Waals surface area contributed by atoms with Crippen molar-refractivity contribution in [3.8, 4) is 0 Å². The normalized spacial score (nSPS) is 28.6. The molecule has 214 valence electrons. The van der Waals surface area contributed by atoms with Crippen molar-refractivity contribution in [3.63, 3.8) is 0 Å². The summed E-state index contributed by atoms with van der Waals surface area (Å²) in [6.07, 6.45) is 3.83. The Bertz CT molecular complexity index is 877. The summed E-state index contributed by atoms with van der Waals surface area (Å²) in [4.78, 5) is 14.1. The molecule has 6 nitrogen and oxygen atoms in total. The van der Waals surface area contributed by atoms with Crippen LogP contribution < -0.4 is 9.80 Å². The number of piperidine rings is 1. The summed E-state index contributed by atoms with van der Waals surface area (Å²) in [6.45, 7) is 6.29. The summed E-state index contributed by atoms with van der Waals surface area (Å²) in [5, 5.41) is 7.25. The predicted octanol–water partition coefficient (Wildman–Crippen LogP) is 4.59. The van der Waals surface area contributed by atoms with Gasteiger partial charge in [0, 0.05) is 70.3 Å². The summed E-state index contributed by atoms with van der Waals surface area (Å²) >= 11 is 10.3. The van der Waals surface area contributed by atoms with Gasteiger partial charge in [-0.25, -0.2) is 9.97 Å². The number of aliphatic hydroxyl groups excluding tert-OH is 1. The Morgan fingerprint density at radius 2 is 1.89 bits per heavy atom. The van der Waals surface area contributed by atoms with E-state index in [2.05, 4.69) is 45.3 Å². The lowest BCUT2D eigenvalue weighted by Crippen LogP contribution is -2.47. The Labute approximate surface area is 232 Å². The van der Waals surface area contributed by atoms with Crippen LogP contribution in [0.5, 0.6) is 0 Å². The molecule has 37 heavy (non-hydrogen) atoms. The maximum atomic E-state index is 13.8. The monoisotopic (exact) mass is 585 g/mol. The van der Waals surface area contributed by atoms with Crippen LogP contribution in [0.4, 0.5) is 24.8 Å². The molecule has 2 saturated heterocycles. The second-order valence-electron chi connectivity index (χ2n) is 10.5. The number of hydrogen-bond donors (Lipinski definition) is 1. The van der Waals surface area contributed by atoms with Gasteiger partial charge < -0.3 is 19.8 Å². The van der Waals surface area contributed by atoms with E-state index >= 15 is 0 Å². The van der Waals surface area contributed by atoms with Crippen molar-refractivity contribution < 1.29 is 18.3 Å². The van der Waals surface area contributed by atoms with Crippen molar-refractivity contribution >= 4 is 43.9 Å². The van der Waals surface area contributed by atoms with Crippen LogP contribution >= 0.6 is 11.6 Å². The van der Waals surface area contributed by atoms with E-state index in [0.29, 0.717) is 24.1 Å². The lowest BCUT2D eigenvalue weighted by Gasteiger charge is -2.47. The zero-order valence-electron chi connectivity index (χ0n) is 22.7. The van der Waals surface area contributed by atoms with Gasteiger partial charge in [0.05, 0.1) is 0 Å². The molecule has 4 rings (SSSR count). The first-order chi connectivity index (χ1) is 17.5. The van der Waals surface area contributed by atoms with Gasteiger partial charge in [0.2, 0.25) is 5.82 Å². The Morgan fingerprint density at radius 3 is 2.54 bits per heavy atom. The van der Waals surface area contributed by atoms with E-state index < -0.39 is 12.0 Å². The summed E-state index contributed by atoms with van der Waals surface area (Å²) in [6, 6.07) is 1.76. The topological polar surface area (TPSA) is 55.7 Å². The maximum absolute atomic E-state index is 13.8. The molecule has 4 unspecified atom stereocenters. The van der Waals surface area contributed by atoms with Crippen molar-refractivity contribution in [1.29, 1.82) is 0 Å². The van der Waals surface area contributed by atoms with Gasteiger partial charge in [-0.2, -0.15) is 13.2 Å². The lowest BCUT2D eigenvalue weighted by molar-refractivity contribution is -0.144. The van der Waals surface area contributed by atoms with E-state index in [1.165, 1.54) is 19.2 Å². The number of aliphatic hydroxyl groups is 1. The van der Waals surface area contributed by atoms with Crippen LogP contribution in [0, 0.1) is 11.3 Å². The van der Waals surface area contributed by atoms with Crippen molar-refractivity contribution in [3.05, 3.63) is 11.9 Å². The van der Waals surface area contributed by atoms with Crippen molar-refractivity contribution in [2.24, 2.45) is 11.3 Å². The fourth-order valence-electron chi connectivity index (χ4n) is 5.92. The molecule has 1 aliphatic carbocycles. The average Bonchev–Trinajstić information content (AvgIpc) is 2.88. The molecule has 4 atom stereocenters. The molecular formula is C25H43ClF3N5OS2. The van der Waals surface area contributed by atoms with Crippen LogP contribution in [0.3, 0.4) is 0 Å². The van der Waals surface area contributed by atoms with E-state index in [9.17, 15) is 13.2 Å². The predicted molar refractivity (Wildman–Crippen MR) is 153 cm³/mol. The average molecular weight is 586 g/mol. The number of anilines is 2. The number of alkyl halides is 4. The second-order valence-corrected chi connectivity index (χ2v) is 13.6. The Balaban J connectivity index is 0.00000115. The van der Waals surface area contributed by atoms with Crippen molar-refractivity contribution in [2.45, 2.75) is 56.9 Å². The first-order valence-electron chi connectivity index (χ1n) is 12.9. The molecule has 2 aliphatic heterocycles. The first-order valence-corrected chi connectivity index (χ1v) is 16.0. The van der Waals surface area contributed by atoms with Gasteiger partial charge in [0.1, 0.15) is 11.6 Å². The SMILES string of the molecule is CC1CCCC2(CCCN(c3cc(N(C)CC4CN(C)CCS4=S)nc(C(F)(F)F)n3)C2)C1.CCl.CO. The maximum Gasteiger partial charge on any atom is 0.451 e. The van der Waals surface area contributed by atoms with Crippen molar-refractivity contribution in [1.82, 2.24) is 14.9 Å². The third-order valence-corrected chi connectivity index (χ3v) is 10.5. The molecule has 1 spiro atoms. The lowest BCUT2D eigenvalue weighted by atomic mass is 9.66. The molecule has 1 aromatic rings. The largest absolute Gasteiger partial charge is 0.451 e. The molecule has 0 bridgehead atoms. The quantitative estimate of drug-likeness (QED) is 0.519. The number of aromatic nitrogens is 2. The van der Waals surface area contributed by atoms with Gasteiger partial charge in [-0.15, -0.1) is 21.1 Å². The highest BCUT2D eigenvalue weighted by Gasteiger charge is 2.41. The highest BCUT2D eigenvalue weighted by Crippen LogP contribution is 2.46. The van der Waals surface area contributed by atoms with Crippen molar-refractivity contribution in [2.75, 3.05) is 75.9 Å². The van der Waals surface area contributed by atoms with Crippen LogP contribution in [-0.4, -0.2) is 91.3 Å². The van der Waals surface area contributed by atoms with E-state index in [1.54, 1.807) is 6.07 Å². The zero-order valence-corrected chi connectivity index (χ0v) is 25.1.